The highest BCUT2D eigenvalue weighted by Crippen LogP contribution is 2.19. The number of aryl methyl sites for hydroxylation is 1. The van der Waals surface area contributed by atoms with E-state index in [9.17, 15) is 13.2 Å². The van der Waals surface area contributed by atoms with Gasteiger partial charge in [0.15, 0.2) is 0 Å². The van der Waals surface area contributed by atoms with E-state index in [0.29, 0.717) is 12.1 Å². The number of carbonyl (C=O) groups excluding carboxylic acids is 1. The molecule has 0 bridgehead atoms. The van der Waals surface area contributed by atoms with Crippen LogP contribution in [0, 0.1) is 6.92 Å². The zero-order valence-corrected chi connectivity index (χ0v) is 16.4. The molecule has 140 valence electrons. The van der Waals surface area contributed by atoms with E-state index in [1.165, 1.54) is 6.92 Å². The number of rotatable bonds is 7. The topological polar surface area (TPSA) is 63.7 Å². The highest BCUT2D eigenvalue weighted by molar-refractivity contribution is 7.87. The average molecular weight is 375 g/mol. The Morgan fingerprint density at radius 2 is 1.69 bits per heavy atom. The second-order valence-corrected chi connectivity index (χ2v) is 8.27. The van der Waals surface area contributed by atoms with E-state index >= 15 is 0 Å². The fraction of sp³-hybridized carbons (Fsp3) is 0.350. The summed E-state index contributed by atoms with van der Waals surface area (Å²) in [7, 11) is -3.54. The molecule has 2 aromatic carbocycles. The summed E-state index contributed by atoms with van der Waals surface area (Å²) < 4.78 is 28.0. The summed E-state index contributed by atoms with van der Waals surface area (Å²) in [6.07, 6.45) is 0. The van der Waals surface area contributed by atoms with Crippen LogP contribution in [0.15, 0.2) is 48.5 Å². The lowest BCUT2D eigenvalue weighted by Crippen LogP contribution is -2.36. The first-order valence-corrected chi connectivity index (χ1v) is 10.2. The molecule has 2 aromatic rings. The number of hydrogen-bond acceptors (Lipinski definition) is 4. The Bertz CT molecular complexity index is 858. The van der Waals surface area contributed by atoms with Crippen LogP contribution >= 0.6 is 0 Å². The first-order chi connectivity index (χ1) is 12.2. The maximum Gasteiger partial charge on any atom is 0.308 e. The minimum atomic E-state index is -3.54. The minimum Gasteiger partial charge on any atom is -0.382 e. The molecule has 0 aliphatic rings. The number of carbonyl (C=O) groups is 1. The van der Waals surface area contributed by atoms with Gasteiger partial charge in [-0.1, -0.05) is 30.3 Å². The van der Waals surface area contributed by atoms with Crippen molar-refractivity contribution in [3.05, 3.63) is 65.2 Å². The van der Waals surface area contributed by atoms with Crippen LogP contribution in [-0.2, 0) is 16.7 Å². The Hall–Kier alpha value is -2.34. The molecular formula is C20H25NO4S. The van der Waals surface area contributed by atoms with Gasteiger partial charge < -0.3 is 9.08 Å². The van der Waals surface area contributed by atoms with Crippen LogP contribution in [0.4, 0.5) is 0 Å². The molecule has 0 unspecified atom stereocenters. The van der Waals surface area contributed by atoms with E-state index in [0.717, 1.165) is 11.1 Å². The highest BCUT2D eigenvalue weighted by Gasteiger charge is 2.20. The van der Waals surface area contributed by atoms with Gasteiger partial charge in [-0.3, -0.25) is 4.79 Å². The maximum atomic E-state index is 12.9. The lowest BCUT2D eigenvalue weighted by atomic mass is 10.1. The van der Waals surface area contributed by atoms with Crippen molar-refractivity contribution in [1.29, 1.82) is 0 Å². The quantitative estimate of drug-likeness (QED) is 0.691. The van der Waals surface area contributed by atoms with Gasteiger partial charge in [0, 0.05) is 18.2 Å². The second-order valence-electron chi connectivity index (χ2n) is 6.42. The van der Waals surface area contributed by atoms with Crippen molar-refractivity contribution in [2.24, 2.45) is 0 Å². The molecule has 26 heavy (non-hydrogen) atoms. The van der Waals surface area contributed by atoms with Gasteiger partial charge in [0.1, 0.15) is 5.75 Å². The molecule has 5 nitrogen and oxygen atoms in total. The zero-order valence-electron chi connectivity index (χ0n) is 15.6. The summed E-state index contributed by atoms with van der Waals surface area (Å²) >= 11 is 0. The normalized spacial score (nSPS) is 11.4. The smallest absolute Gasteiger partial charge is 0.308 e. The summed E-state index contributed by atoms with van der Waals surface area (Å²) in [4.78, 5) is 14.7. The van der Waals surface area contributed by atoms with Gasteiger partial charge in [0.25, 0.3) is 5.91 Å². The van der Waals surface area contributed by atoms with E-state index in [2.05, 4.69) is 0 Å². The molecular weight excluding hydrogens is 350 g/mol. The van der Waals surface area contributed by atoms with Crippen molar-refractivity contribution < 1.29 is 17.4 Å². The molecule has 0 N–H and O–H groups in total. The van der Waals surface area contributed by atoms with Gasteiger partial charge in [0.05, 0.1) is 5.75 Å². The standard InChI is InChI=1S/C20H25NO4S/c1-5-26(23,24)25-18-12-10-17(11-13-18)14-21(15(2)3)20(22)19-9-7-6-8-16(19)4/h6-13,15H,5,14H2,1-4H3. The molecule has 0 saturated carbocycles. The number of nitrogens with zero attached hydrogens (tertiary/aromatic N) is 1. The summed E-state index contributed by atoms with van der Waals surface area (Å²) in [6, 6.07) is 14.3. The van der Waals surface area contributed by atoms with Gasteiger partial charge >= 0.3 is 10.1 Å². The molecule has 2 rings (SSSR count). The average Bonchev–Trinajstić information content (AvgIpc) is 2.60. The van der Waals surface area contributed by atoms with Crippen LogP contribution in [0.25, 0.3) is 0 Å². The molecule has 0 heterocycles. The highest BCUT2D eigenvalue weighted by atomic mass is 32.2. The molecule has 0 atom stereocenters. The Morgan fingerprint density at radius 1 is 1.08 bits per heavy atom. The number of hydrogen-bond donors (Lipinski definition) is 0. The fourth-order valence-corrected chi connectivity index (χ4v) is 3.03. The molecule has 6 heteroatoms. The van der Waals surface area contributed by atoms with Crippen molar-refractivity contribution in [3.63, 3.8) is 0 Å². The van der Waals surface area contributed by atoms with E-state index in [1.54, 1.807) is 29.2 Å². The molecule has 1 amide bonds. The summed E-state index contributed by atoms with van der Waals surface area (Å²) in [5, 5.41) is 0. The Kier molecular flexibility index (Phi) is 6.42. The Morgan fingerprint density at radius 3 is 2.23 bits per heavy atom. The van der Waals surface area contributed by atoms with Gasteiger partial charge in [-0.25, -0.2) is 0 Å². The van der Waals surface area contributed by atoms with Crippen molar-refractivity contribution >= 4 is 16.0 Å². The Balaban J connectivity index is 2.18. The van der Waals surface area contributed by atoms with E-state index in [1.807, 2.05) is 45.0 Å². The van der Waals surface area contributed by atoms with Crippen molar-refractivity contribution in [3.8, 4) is 5.75 Å². The maximum absolute atomic E-state index is 12.9. The number of benzene rings is 2. The predicted molar refractivity (Wildman–Crippen MR) is 103 cm³/mol. The first kappa shape index (κ1) is 20.0. The molecule has 0 saturated heterocycles. The fourth-order valence-electron chi connectivity index (χ4n) is 2.51. The van der Waals surface area contributed by atoms with Gasteiger partial charge in [-0.05, 0) is 57.0 Å². The third-order valence-electron chi connectivity index (χ3n) is 4.11. The second kappa shape index (κ2) is 8.36. The summed E-state index contributed by atoms with van der Waals surface area (Å²) in [5.41, 5.74) is 2.54. The van der Waals surface area contributed by atoms with Gasteiger partial charge in [-0.2, -0.15) is 8.42 Å². The van der Waals surface area contributed by atoms with E-state index < -0.39 is 10.1 Å². The predicted octanol–water partition coefficient (Wildman–Crippen LogP) is 3.77. The lowest BCUT2D eigenvalue weighted by Gasteiger charge is -2.27. The third-order valence-corrected chi connectivity index (χ3v) is 5.27. The molecule has 0 aliphatic carbocycles. The number of amides is 1. The molecule has 0 aromatic heterocycles. The van der Waals surface area contributed by atoms with Crippen LogP contribution in [0.3, 0.4) is 0 Å². The van der Waals surface area contributed by atoms with Gasteiger partial charge in [0.2, 0.25) is 0 Å². The minimum absolute atomic E-state index is 0.0213. The summed E-state index contributed by atoms with van der Waals surface area (Å²) in [5.74, 6) is 0.171. The monoisotopic (exact) mass is 375 g/mol. The van der Waals surface area contributed by atoms with E-state index in [4.69, 9.17) is 4.18 Å². The van der Waals surface area contributed by atoms with Crippen LogP contribution < -0.4 is 4.18 Å². The van der Waals surface area contributed by atoms with Crippen LogP contribution in [0.2, 0.25) is 0 Å². The SMILES string of the molecule is CCS(=O)(=O)Oc1ccc(CN(C(=O)c2ccccc2C)C(C)C)cc1. The van der Waals surface area contributed by atoms with Crippen LogP contribution in [0.1, 0.15) is 42.3 Å². The Labute approximate surface area is 155 Å². The van der Waals surface area contributed by atoms with Crippen molar-refractivity contribution in [1.82, 2.24) is 4.90 Å². The van der Waals surface area contributed by atoms with Gasteiger partial charge in [-0.15, -0.1) is 0 Å². The largest absolute Gasteiger partial charge is 0.382 e. The zero-order chi connectivity index (χ0) is 19.3. The molecule has 0 aliphatic heterocycles. The van der Waals surface area contributed by atoms with E-state index in [-0.39, 0.29) is 23.5 Å². The van der Waals surface area contributed by atoms with Crippen molar-refractivity contribution in [2.75, 3.05) is 5.75 Å². The van der Waals surface area contributed by atoms with Crippen molar-refractivity contribution in [2.45, 2.75) is 40.3 Å². The molecule has 0 radical (unpaired) electrons. The molecule has 0 spiro atoms. The third kappa shape index (κ3) is 5.08. The van der Waals surface area contributed by atoms with Crippen LogP contribution in [0.5, 0.6) is 5.75 Å². The first-order valence-electron chi connectivity index (χ1n) is 8.61. The van der Waals surface area contributed by atoms with Crippen LogP contribution in [-0.4, -0.2) is 31.0 Å². The summed E-state index contributed by atoms with van der Waals surface area (Å²) in [6.45, 7) is 7.84. The molecule has 0 fully saturated rings. The lowest BCUT2D eigenvalue weighted by molar-refractivity contribution is 0.0689.